The summed E-state index contributed by atoms with van der Waals surface area (Å²) in [6.07, 6.45) is 2.60. The minimum Gasteiger partial charge on any atom is -0.492 e. The standard InChI is InChI=1S/C21H27N3O4S/c1-3-4-5-18-22-14(2)12-19(25)24(18)10-11-28-16-8-6-15(7-9-16)13-17-20(26)23-21(27)29-17/h6-9,12,17,20,26H,3-5,10-11,13H2,1-2H3,(H,23,27). The number of ether oxygens (including phenoxy) is 1. The van der Waals surface area contributed by atoms with Gasteiger partial charge in [0.2, 0.25) is 0 Å². The van der Waals surface area contributed by atoms with Crippen LogP contribution in [0.15, 0.2) is 35.1 Å². The third-order valence-electron chi connectivity index (χ3n) is 4.79. The molecule has 0 spiro atoms. The number of aliphatic hydroxyl groups is 1. The van der Waals surface area contributed by atoms with Crippen molar-refractivity contribution in [1.29, 1.82) is 0 Å². The lowest BCUT2D eigenvalue weighted by molar-refractivity contribution is 0.152. The summed E-state index contributed by atoms with van der Waals surface area (Å²) in [5.74, 6) is 1.53. The molecule has 156 valence electrons. The van der Waals surface area contributed by atoms with Crippen LogP contribution in [0.2, 0.25) is 0 Å². The number of hydrogen-bond acceptors (Lipinski definition) is 6. The van der Waals surface area contributed by atoms with E-state index in [0.29, 0.717) is 25.3 Å². The van der Waals surface area contributed by atoms with Gasteiger partial charge in [-0.1, -0.05) is 37.2 Å². The molecule has 7 nitrogen and oxygen atoms in total. The number of aliphatic hydroxyl groups excluding tert-OH is 1. The van der Waals surface area contributed by atoms with E-state index in [1.165, 1.54) is 0 Å². The Morgan fingerprint density at radius 2 is 2.03 bits per heavy atom. The van der Waals surface area contributed by atoms with E-state index in [2.05, 4.69) is 17.2 Å². The van der Waals surface area contributed by atoms with Crippen LogP contribution in [0.3, 0.4) is 0 Å². The van der Waals surface area contributed by atoms with E-state index in [0.717, 1.165) is 48.1 Å². The van der Waals surface area contributed by atoms with Gasteiger partial charge in [-0.2, -0.15) is 0 Å². The number of amides is 1. The second-order valence-electron chi connectivity index (χ2n) is 7.14. The summed E-state index contributed by atoms with van der Waals surface area (Å²) in [7, 11) is 0. The van der Waals surface area contributed by atoms with Crippen molar-refractivity contribution in [3.05, 3.63) is 57.8 Å². The average Bonchev–Trinajstić information content (AvgIpc) is 3.00. The molecule has 1 saturated heterocycles. The van der Waals surface area contributed by atoms with Crippen molar-refractivity contribution in [2.75, 3.05) is 6.61 Å². The van der Waals surface area contributed by atoms with Crippen LogP contribution in [0.4, 0.5) is 4.79 Å². The van der Waals surface area contributed by atoms with Gasteiger partial charge in [-0.15, -0.1) is 0 Å². The third-order valence-corrected chi connectivity index (χ3v) is 5.85. The molecular weight excluding hydrogens is 390 g/mol. The molecule has 1 aromatic carbocycles. The van der Waals surface area contributed by atoms with Crippen LogP contribution < -0.4 is 15.6 Å². The number of unbranched alkanes of at least 4 members (excludes halogenated alkanes) is 1. The minimum absolute atomic E-state index is 0.0432. The molecule has 3 rings (SSSR count). The molecule has 0 aliphatic carbocycles. The Labute approximate surface area is 174 Å². The Kier molecular flexibility index (Phi) is 7.33. The third kappa shape index (κ3) is 5.83. The largest absolute Gasteiger partial charge is 0.492 e. The molecule has 29 heavy (non-hydrogen) atoms. The van der Waals surface area contributed by atoms with Gasteiger partial charge in [0.15, 0.2) is 0 Å². The van der Waals surface area contributed by atoms with Crippen LogP contribution in [-0.4, -0.2) is 38.0 Å². The molecule has 0 saturated carbocycles. The molecule has 1 aromatic heterocycles. The second-order valence-corrected chi connectivity index (χ2v) is 8.35. The number of aromatic nitrogens is 2. The molecule has 2 heterocycles. The van der Waals surface area contributed by atoms with E-state index in [4.69, 9.17) is 4.74 Å². The van der Waals surface area contributed by atoms with Gasteiger partial charge in [-0.25, -0.2) is 4.98 Å². The molecule has 1 aliphatic heterocycles. The highest BCUT2D eigenvalue weighted by Gasteiger charge is 2.31. The molecule has 2 N–H and O–H groups in total. The van der Waals surface area contributed by atoms with Gasteiger partial charge in [0.05, 0.1) is 11.8 Å². The molecule has 1 fully saturated rings. The Morgan fingerprint density at radius 3 is 2.69 bits per heavy atom. The van der Waals surface area contributed by atoms with Gasteiger partial charge >= 0.3 is 0 Å². The molecule has 0 bridgehead atoms. The number of hydrogen-bond donors (Lipinski definition) is 2. The highest BCUT2D eigenvalue weighted by atomic mass is 32.2. The Hall–Kier alpha value is -2.32. The maximum Gasteiger partial charge on any atom is 0.281 e. The predicted molar refractivity (Wildman–Crippen MR) is 113 cm³/mol. The first-order valence-electron chi connectivity index (χ1n) is 9.90. The summed E-state index contributed by atoms with van der Waals surface area (Å²) in [6, 6.07) is 9.14. The van der Waals surface area contributed by atoms with Crippen molar-refractivity contribution in [3.8, 4) is 5.75 Å². The molecule has 2 atom stereocenters. The normalized spacial score (nSPS) is 18.7. The summed E-state index contributed by atoms with van der Waals surface area (Å²) in [5, 5.41) is 11.9. The van der Waals surface area contributed by atoms with Crippen molar-refractivity contribution in [1.82, 2.24) is 14.9 Å². The fourth-order valence-corrected chi connectivity index (χ4v) is 4.19. The molecular formula is C21H27N3O4S. The number of thioether (sulfide) groups is 1. The highest BCUT2D eigenvalue weighted by Crippen LogP contribution is 2.26. The zero-order valence-electron chi connectivity index (χ0n) is 16.8. The lowest BCUT2D eigenvalue weighted by atomic mass is 10.1. The Balaban J connectivity index is 1.56. The second kappa shape index (κ2) is 9.93. The van der Waals surface area contributed by atoms with Crippen molar-refractivity contribution in [2.45, 2.75) is 57.6 Å². The number of aryl methyl sites for hydroxylation is 2. The van der Waals surface area contributed by atoms with Gasteiger partial charge in [0.1, 0.15) is 24.4 Å². The first-order valence-corrected chi connectivity index (χ1v) is 10.8. The van der Waals surface area contributed by atoms with Crippen LogP contribution in [0.5, 0.6) is 5.75 Å². The topological polar surface area (TPSA) is 93.5 Å². The maximum absolute atomic E-state index is 12.3. The molecule has 0 radical (unpaired) electrons. The van der Waals surface area contributed by atoms with Gasteiger partial charge in [0.25, 0.3) is 10.8 Å². The summed E-state index contributed by atoms with van der Waals surface area (Å²) in [4.78, 5) is 28.2. The van der Waals surface area contributed by atoms with Crippen LogP contribution in [0.1, 0.15) is 36.8 Å². The van der Waals surface area contributed by atoms with E-state index in [1.807, 2.05) is 31.2 Å². The van der Waals surface area contributed by atoms with Crippen molar-refractivity contribution in [3.63, 3.8) is 0 Å². The fraction of sp³-hybridized carbons (Fsp3) is 0.476. The Morgan fingerprint density at radius 1 is 1.28 bits per heavy atom. The minimum atomic E-state index is -0.813. The first kappa shape index (κ1) is 21.4. The van der Waals surface area contributed by atoms with Crippen LogP contribution in [0, 0.1) is 6.92 Å². The van der Waals surface area contributed by atoms with Crippen LogP contribution >= 0.6 is 11.8 Å². The van der Waals surface area contributed by atoms with Crippen LogP contribution in [-0.2, 0) is 19.4 Å². The number of rotatable bonds is 9. The summed E-state index contributed by atoms with van der Waals surface area (Å²) in [6.45, 7) is 4.78. The van der Waals surface area contributed by atoms with Crippen LogP contribution in [0.25, 0.3) is 0 Å². The summed E-state index contributed by atoms with van der Waals surface area (Å²) >= 11 is 1.12. The van der Waals surface area contributed by atoms with E-state index >= 15 is 0 Å². The number of carbonyl (C=O) groups excluding carboxylic acids is 1. The quantitative estimate of drug-likeness (QED) is 0.652. The highest BCUT2D eigenvalue weighted by molar-refractivity contribution is 8.14. The van der Waals surface area contributed by atoms with E-state index in [1.54, 1.807) is 10.6 Å². The zero-order valence-corrected chi connectivity index (χ0v) is 17.6. The molecule has 2 aromatic rings. The predicted octanol–water partition coefficient (Wildman–Crippen LogP) is 2.66. The number of nitrogens with one attached hydrogen (secondary N) is 1. The average molecular weight is 418 g/mol. The van der Waals surface area contributed by atoms with Crippen molar-refractivity contribution in [2.24, 2.45) is 0 Å². The van der Waals surface area contributed by atoms with E-state index < -0.39 is 6.23 Å². The first-order chi connectivity index (χ1) is 14.0. The summed E-state index contributed by atoms with van der Waals surface area (Å²) < 4.78 is 7.50. The van der Waals surface area contributed by atoms with Gasteiger partial charge in [-0.3, -0.25) is 14.2 Å². The number of carbonyl (C=O) groups is 1. The SMILES string of the molecule is CCCCc1nc(C)cc(=O)n1CCOc1ccc(CC2SC(=O)NC2O)cc1. The zero-order chi connectivity index (χ0) is 20.8. The molecule has 8 heteroatoms. The number of nitrogens with zero attached hydrogens (tertiary/aromatic N) is 2. The lowest BCUT2D eigenvalue weighted by Gasteiger charge is -2.14. The maximum atomic E-state index is 12.3. The van der Waals surface area contributed by atoms with E-state index in [9.17, 15) is 14.7 Å². The molecule has 1 amide bonds. The van der Waals surface area contributed by atoms with E-state index in [-0.39, 0.29) is 16.0 Å². The molecule has 1 aliphatic rings. The Bertz CT molecular complexity index is 898. The van der Waals surface area contributed by atoms with Crippen molar-refractivity contribution >= 4 is 17.0 Å². The molecule has 2 unspecified atom stereocenters. The lowest BCUT2D eigenvalue weighted by Crippen LogP contribution is -2.31. The fourth-order valence-electron chi connectivity index (χ4n) is 3.26. The monoisotopic (exact) mass is 417 g/mol. The van der Waals surface area contributed by atoms with Crippen molar-refractivity contribution < 1.29 is 14.6 Å². The number of benzene rings is 1. The summed E-state index contributed by atoms with van der Waals surface area (Å²) in [5.41, 5.74) is 1.72. The van der Waals surface area contributed by atoms with Gasteiger partial charge in [0, 0.05) is 18.2 Å². The smallest absolute Gasteiger partial charge is 0.281 e. The van der Waals surface area contributed by atoms with Gasteiger partial charge in [-0.05, 0) is 37.5 Å². The van der Waals surface area contributed by atoms with Gasteiger partial charge < -0.3 is 15.2 Å².